The molecule has 120 valence electrons. The Morgan fingerprint density at radius 2 is 1.30 bits per heavy atom. The van der Waals surface area contributed by atoms with E-state index in [2.05, 4.69) is 0 Å². The van der Waals surface area contributed by atoms with E-state index in [1.807, 2.05) is 6.07 Å². The predicted molar refractivity (Wildman–Crippen MR) is 82.8 cm³/mol. The minimum absolute atomic E-state index is 0.0461. The van der Waals surface area contributed by atoms with Crippen molar-refractivity contribution in [2.24, 2.45) is 0 Å². The van der Waals surface area contributed by atoms with Crippen molar-refractivity contribution in [2.75, 3.05) is 13.2 Å². The van der Waals surface area contributed by atoms with Gasteiger partial charge in [0.1, 0.15) is 11.5 Å². The lowest BCUT2D eigenvalue weighted by Crippen LogP contribution is -2.10. The Hall–Kier alpha value is -3.02. The first kappa shape index (κ1) is 16.4. The van der Waals surface area contributed by atoms with E-state index < -0.39 is 18.5 Å². The average molecular weight is 316 g/mol. The van der Waals surface area contributed by atoms with Crippen molar-refractivity contribution in [3.05, 3.63) is 48.5 Å². The molecule has 0 aromatic heterocycles. The summed E-state index contributed by atoms with van der Waals surface area (Å²) < 4.78 is 10.8. The molecule has 0 aliphatic rings. The molecule has 23 heavy (non-hydrogen) atoms. The SMILES string of the molecule is O=C(O)CCOc1ccccc1-c1ccccc1OCC(=O)O. The van der Waals surface area contributed by atoms with Gasteiger partial charge < -0.3 is 19.7 Å². The lowest BCUT2D eigenvalue weighted by molar-refractivity contribution is -0.139. The van der Waals surface area contributed by atoms with Gasteiger partial charge in [0.15, 0.2) is 6.61 Å². The van der Waals surface area contributed by atoms with Crippen LogP contribution in [0.3, 0.4) is 0 Å². The van der Waals surface area contributed by atoms with Crippen LogP contribution in [-0.2, 0) is 9.59 Å². The zero-order chi connectivity index (χ0) is 16.7. The van der Waals surface area contributed by atoms with Gasteiger partial charge in [0.2, 0.25) is 0 Å². The molecule has 0 atom stereocenters. The minimum Gasteiger partial charge on any atom is -0.492 e. The van der Waals surface area contributed by atoms with Crippen LogP contribution in [0.15, 0.2) is 48.5 Å². The van der Waals surface area contributed by atoms with Gasteiger partial charge in [-0.25, -0.2) is 4.79 Å². The average Bonchev–Trinajstić information content (AvgIpc) is 2.53. The Kier molecular flexibility index (Phi) is 5.57. The second kappa shape index (κ2) is 7.84. The topological polar surface area (TPSA) is 93.1 Å². The maximum absolute atomic E-state index is 10.7. The third kappa shape index (κ3) is 4.74. The summed E-state index contributed by atoms with van der Waals surface area (Å²) in [5.74, 6) is -1.07. The highest BCUT2D eigenvalue weighted by molar-refractivity contribution is 5.76. The van der Waals surface area contributed by atoms with Crippen molar-refractivity contribution in [3.63, 3.8) is 0 Å². The number of aliphatic carboxylic acids is 2. The number of benzene rings is 2. The van der Waals surface area contributed by atoms with Crippen LogP contribution in [-0.4, -0.2) is 35.4 Å². The van der Waals surface area contributed by atoms with Crippen LogP contribution in [0, 0.1) is 0 Å². The van der Waals surface area contributed by atoms with Crippen LogP contribution >= 0.6 is 0 Å². The molecule has 0 saturated carbocycles. The van der Waals surface area contributed by atoms with Gasteiger partial charge in [-0.05, 0) is 12.1 Å². The smallest absolute Gasteiger partial charge is 0.341 e. The van der Waals surface area contributed by atoms with Gasteiger partial charge in [-0.1, -0.05) is 36.4 Å². The molecule has 0 amide bonds. The molecule has 0 aliphatic carbocycles. The van der Waals surface area contributed by atoms with Crippen molar-refractivity contribution < 1.29 is 29.3 Å². The van der Waals surface area contributed by atoms with Gasteiger partial charge in [-0.2, -0.15) is 0 Å². The van der Waals surface area contributed by atoms with E-state index in [4.69, 9.17) is 19.7 Å². The van der Waals surface area contributed by atoms with Crippen molar-refractivity contribution in [3.8, 4) is 22.6 Å². The summed E-state index contributed by atoms with van der Waals surface area (Å²) in [4.78, 5) is 21.3. The first-order chi connectivity index (χ1) is 11.1. The number of carboxylic acids is 2. The molecule has 0 fully saturated rings. The molecule has 0 bridgehead atoms. The third-order valence-electron chi connectivity index (χ3n) is 2.99. The Morgan fingerprint density at radius 1 is 0.783 bits per heavy atom. The fourth-order valence-electron chi connectivity index (χ4n) is 2.02. The predicted octanol–water partition coefficient (Wildman–Crippen LogP) is 2.67. The monoisotopic (exact) mass is 316 g/mol. The van der Waals surface area contributed by atoms with Gasteiger partial charge in [0.25, 0.3) is 0 Å². The summed E-state index contributed by atoms with van der Waals surface area (Å²) in [7, 11) is 0. The first-order valence-corrected chi connectivity index (χ1v) is 6.95. The number of carbonyl (C=O) groups is 2. The molecular weight excluding hydrogens is 300 g/mol. The van der Waals surface area contributed by atoms with E-state index in [-0.39, 0.29) is 13.0 Å². The van der Waals surface area contributed by atoms with Crippen molar-refractivity contribution in [2.45, 2.75) is 6.42 Å². The standard InChI is InChI=1S/C17H16O6/c18-16(19)9-10-22-14-7-3-1-5-12(14)13-6-2-4-8-15(13)23-11-17(20)21/h1-8H,9-11H2,(H,18,19)(H,20,21). The fourth-order valence-corrected chi connectivity index (χ4v) is 2.02. The van der Waals surface area contributed by atoms with Gasteiger partial charge in [-0.15, -0.1) is 0 Å². The quantitative estimate of drug-likeness (QED) is 0.778. The molecule has 2 aromatic rings. The zero-order valence-electron chi connectivity index (χ0n) is 12.3. The molecule has 6 nitrogen and oxygen atoms in total. The largest absolute Gasteiger partial charge is 0.492 e. The van der Waals surface area contributed by atoms with E-state index in [0.29, 0.717) is 22.6 Å². The number of ether oxygens (including phenoxy) is 2. The maximum Gasteiger partial charge on any atom is 0.341 e. The number of hydrogen-bond donors (Lipinski definition) is 2. The van der Waals surface area contributed by atoms with Crippen molar-refractivity contribution >= 4 is 11.9 Å². The Morgan fingerprint density at radius 3 is 1.83 bits per heavy atom. The fraction of sp³-hybridized carbons (Fsp3) is 0.176. The highest BCUT2D eigenvalue weighted by Crippen LogP contribution is 2.36. The van der Waals surface area contributed by atoms with Crippen LogP contribution in [0.4, 0.5) is 0 Å². The highest BCUT2D eigenvalue weighted by atomic mass is 16.5. The van der Waals surface area contributed by atoms with E-state index >= 15 is 0 Å². The zero-order valence-corrected chi connectivity index (χ0v) is 12.3. The van der Waals surface area contributed by atoms with Crippen molar-refractivity contribution in [1.29, 1.82) is 0 Å². The molecule has 0 spiro atoms. The minimum atomic E-state index is -1.06. The second-order valence-electron chi connectivity index (χ2n) is 4.67. The molecule has 2 rings (SSSR count). The maximum atomic E-state index is 10.7. The van der Waals surface area contributed by atoms with Crippen LogP contribution in [0.2, 0.25) is 0 Å². The number of hydrogen-bond acceptors (Lipinski definition) is 4. The summed E-state index contributed by atoms with van der Waals surface area (Å²) in [6.07, 6.45) is -0.106. The number of carboxylic acid groups (broad SMARTS) is 2. The molecule has 6 heteroatoms. The number of rotatable bonds is 8. The number of para-hydroxylation sites is 2. The molecule has 2 N–H and O–H groups in total. The van der Waals surface area contributed by atoms with E-state index in [9.17, 15) is 9.59 Å². The molecule has 0 heterocycles. The van der Waals surface area contributed by atoms with Crippen LogP contribution < -0.4 is 9.47 Å². The van der Waals surface area contributed by atoms with Crippen LogP contribution in [0.25, 0.3) is 11.1 Å². The molecular formula is C17H16O6. The Labute approximate surface area is 132 Å². The van der Waals surface area contributed by atoms with E-state index in [1.165, 1.54) is 0 Å². The second-order valence-corrected chi connectivity index (χ2v) is 4.67. The summed E-state index contributed by atoms with van der Waals surface area (Å²) in [5.41, 5.74) is 1.39. The molecule has 0 unspecified atom stereocenters. The van der Waals surface area contributed by atoms with E-state index in [0.717, 1.165) is 0 Å². The lowest BCUT2D eigenvalue weighted by atomic mass is 10.0. The molecule has 0 saturated heterocycles. The van der Waals surface area contributed by atoms with Gasteiger partial charge in [0.05, 0.1) is 13.0 Å². The van der Waals surface area contributed by atoms with Gasteiger partial charge >= 0.3 is 11.9 Å². The lowest BCUT2D eigenvalue weighted by Gasteiger charge is -2.14. The summed E-state index contributed by atoms with van der Waals surface area (Å²) in [6.45, 7) is -0.399. The van der Waals surface area contributed by atoms with Crippen LogP contribution in [0.5, 0.6) is 11.5 Å². The highest BCUT2D eigenvalue weighted by Gasteiger charge is 2.12. The summed E-state index contributed by atoms with van der Waals surface area (Å²) >= 11 is 0. The molecule has 2 aromatic carbocycles. The summed E-state index contributed by atoms with van der Waals surface area (Å²) in [5, 5.41) is 17.4. The van der Waals surface area contributed by atoms with Gasteiger partial charge in [-0.3, -0.25) is 4.79 Å². The normalized spacial score (nSPS) is 10.1. The van der Waals surface area contributed by atoms with Crippen molar-refractivity contribution in [1.82, 2.24) is 0 Å². The summed E-state index contributed by atoms with van der Waals surface area (Å²) in [6, 6.07) is 14.1. The first-order valence-electron chi connectivity index (χ1n) is 6.95. The molecule has 0 radical (unpaired) electrons. The van der Waals surface area contributed by atoms with Gasteiger partial charge in [0, 0.05) is 11.1 Å². The Bertz CT molecular complexity index is 695. The molecule has 0 aliphatic heterocycles. The Balaban J connectivity index is 2.27. The third-order valence-corrected chi connectivity index (χ3v) is 2.99. The van der Waals surface area contributed by atoms with E-state index in [1.54, 1.807) is 42.5 Å². The van der Waals surface area contributed by atoms with Crippen LogP contribution in [0.1, 0.15) is 6.42 Å².